The molecule has 1 aliphatic carbocycles. The molecular formula is C19H22ClN3O4S3. The molecule has 2 aromatic rings. The second kappa shape index (κ2) is 8.58. The van der Waals surface area contributed by atoms with Gasteiger partial charge in [-0.1, -0.05) is 18.0 Å². The first kappa shape index (κ1) is 21.8. The molecule has 1 atom stereocenters. The molecule has 162 valence electrons. The van der Waals surface area contributed by atoms with Gasteiger partial charge in [0.25, 0.3) is 15.9 Å². The van der Waals surface area contributed by atoms with Crippen molar-refractivity contribution in [2.45, 2.75) is 55.2 Å². The predicted octanol–water partition coefficient (Wildman–Crippen LogP) is 3.62. The number of piperidine rings is 1. The summed E-state index contributed by atoms with van der Waals surface area (Å²) in [6, 6.07) is 2.15. The van der Waals surface area contributed by atoms with Crippen molar-refractivity contribution >= 4 is 61.1 Å². The third-order valence-electron chi connectivity index (χ3n) is 5.52. The summed E-state index contributed by atoms with van der Waals surface area (Å²) in [7, 11) is -3.84. The zero-order valence-electron chi connectivity index (χ0n) is 16.1. The summed E-state index contributed by atoms with van der Waals surface area (Å²) < 4.78 is 28.0. The molecule has 2 aromatic heterocycles. The number of nitrogens with two attached hydrogens (primary N) is 1. The summed E-state index contributed by atoms with van der Waals surface area (Å²) in [5, 5.41) is 3.26. The van der Waals surface area contributed by atoms with E-state index in [1.54, 1.807) is 0 Å². The van der Waals surface area contributed by atoms with Crippen LogP contribution in [0.25, 0.3) is 0 Å². The van der Waals surface area contributed by atoms with Gasteiger partial charge in [0.15, 0.2) is 0 Å². The van der Waals surface area contributed by atoms with Crippen LogP contribution in [0.1, 0.15) is 52.9 Å². The number of aryl methyl sites for hydroxylation is 1. The van der Waals surface area contributed by atoms with Crippen LogP contribution in [0.2, 0.25) is 4.34 Å². The molecule has 0 aromatic carbocycles. The highest BCUT2D eigenvalue weighted by atomic mass is 35.5. The van der Waals surface area contributed by atoms with Gasteiger partial charge in [-0.25, -0.2) is 8.42 Å². The Morgan fingerprint density at radius 2 is 1.90 bits per heavy atom. The van der Waals surface area contributed by atoms with Crippen molar-refractivity contribution in [3.05, 3.63) is 32.5 Å². The van der Waals surface area contributed by atoms with Crippen LogP contribution >= 0.6 is 34.3 Å². The topological polar surface area (TPSA) is 110 Å². The summed E-state index contributed by atoms with van der Waals surface area (Å²) >= 11 is 8.27. The first-order valence-electron chi connectivity index (χ1n) is 9.81. The standard InChI is InChI=1S/C19H22ClN3O4S3/c20-14-8-9-15(29-14)30(26,27)23-10-4-3-6-12(23)18(25)22-19-16(17(21)24)11-5-1-2-7-13(11)28-19/h8-9,12H,1-7,10H2,(H2,21,24)(H,22,25). The lowest BCUT2D eigenvalue weighted by Gasteiger charge is -2.33. The van der Waals surface area contributed by atoms with Crippen LogP contribution in [0.5, 0.6) is 0 Å². The van der Waals surface area contributed by atoms with Crippen LogP contribution in [-0.4, -0.2) is 37.1 Å². The highest BCUT2D eigenvalue weighted by molar-refractivity contribution is 7.91. The molecule has 11 heteroatoms. The van der Waals surface area contributed by atoms with Crippen LogP contribution in [0.15, 0.2) is 16.3 Å². The first-order chi connectivity index (χ1) is 14.3. The lowest BCUT2D eigenvalue weighted by atomic mass is 9.95. The molecule has 3 N–H and O–H groups in total. The Balaban J connectivity index is 1.62. The smallest absolute Gasteiger partial charge is 0.253 e. The van der Waals surface area contributed by atoms with Crippen molar-refractivity contribution in [2.24, 2.45) is 5.73 Å². The Labute approximate surface area is 188 Å². The van der Waals surface area contributed by atoms with Crippen LogP contribution in [0, 0.1) is 0 Å². The minimum atomic E-state index is -3.84. The van der Waals surface area contributed by atoms with E-state index in [1.807, 2.05) is 0 Å². The van der Waals surface area contributed by atoms with Gasteiger partial charge in [-0.3, -0.25) is 9.59 Å². The molecule has 0 bridgehead atoms. The number of amides is 2. The van der Waals surface area contributed by atoms with Gasteiger partial charge < -0.3 is 11.1 Å². The number of fused-ring (bicyclic) bond motifs is 1. The van der Waals surface area contributed by atoms with Gasteiger partial charge in [-0.05, 0) is 56.2 Å². The van der Waals surface area contributed by atoms with Gasteiger partial charge in [-0.2, -0.15) is 4.31 Å². The van der Waals surface area contributed by atoms with Crippen molar-refractivity contribution < 1.29 is 18.0 Å². The zero-order chi connectivity index (χ0) is 21.5. The molecule has 1 saturated heterocycles. The number of nitrogens with one attached hydrogen (secondary N) is 1. The highest BCUT2D eigenvalue weighted by Crippen LogP contribution is 2.38. The summed E-state index contributed by atoms with van der Waals surface area (Å²) in [5.74, 6) is -0.993. The fourth-order valence-electron chi connectivity index (χ4n) is 4.12. The SMILES string of the molecule is NC(=O)c1c(NC(=O)C2CCCCN2S(=O)(=O)c2ccc(Cl)s2)sc2c1CCCC2. The Morgan fingerprint density at radius 1 is 1.13 bits per heavy atom. The van der Waals surface area contributed by atoms with E-state index in [4.69, 9.17) is 17.3 Å². The zero-order valence-corrected chi connectivity index (χ0v) is 19.4. The number of nitrogens with zero attached hydrogens (tertiary/aromatic N) is 1. The molecular weight excluding hydrogens is 466 g/mol. The van der Waals surface area contributed by atoms with Crippen LogP contribution in [0.3, 0.4) is 0 Å². The monoisotopic (exact) mass is 487 g/mol. The third-order valence-corrected chi connectivity index (χ3v) is 10.3. The minimum Gasteiger partial charge on any atom is -0.365 e. The maximum Gasteiger partial charge on any atom is 0.253 e. The summed E-state index contributed by atoms with van der Waals surface area (Å²) in [4.78, 5) is 26.3. The first-order valence-corrected chi connectivity index (χ1v) is 13.3. The van der Waals surface area contributed by atoms with E-state index < -0.39 is 27.9 Å². The molecule has 2 amide bonds. The van der Waals surface area contributed by atoms with E-state index in [1.165, 1.54) is 27.8 Å². The number of anilines is 1. The number of primary amides is 1. The Kier molecular flexibility index (Phi) is 6.23. The Morgan fingerprint density at radius 3 is 2.60 bits per heavy atom. The Hall–Kier alpha value is -1.46. The molecule has 1 fully saturated rings. The molecule has 0 radical (unpaired) electrons. The van der Waals surface area contributed by atoms with Crippen molar-refractivity contribution in [2.75, 3.05) is 11.9 Å². The molecule has 3 heterocycles. The van der Waals surface area contributed by atoms with Gasteiger partial charge >= 0.3 is 0 Å². The van der Waals surface area contributed by atoms with Gasteiger partial charge in [-0.15, -0.1) is 22.7 Å². The quantitative estimate of drug-likeness (QED) is 0.671. The fourth-order valence-corrected chi connectivity index (χ4v) is 8.68. The van der Waals surface area contributed by atoms with E-state index in [-0.39, 0.29) is 10.8 Å². The van der Waals surface area contributed by atoms with Crippen LogP contribution in [-0.2, 0) is 27.7 Å². The number of carbonyl (C=O) groups is 2. The lowest BCUT2D eigenvalue weighted by molar-refractivity contribution is -0.120. The average Bonchev–Trinajstić information content (AvgIpc) is 3.31. The predicted molar refractivity (Wildman–Crippen MR) is 119 cm³/mol. The molecule has 1 aliphatic heterocycles. The molecule has 1 unspecified atom stereocenters. The number of sulfonamides is 1. The van der Waals surface area contributed by atoms with Crippen molar-refractivity contribution in [3.8, 4) is 0 Å². The summed E-state index contributed by atoms with van der Waals surface area (Å²) in [6.45, 7) is 0.263. The van der Waals surface area contributed by atoms with E-state index >= 15 is 0 Å². The second-order valence-electron chi connectivity index (χ2n) is 7.45. The lowest BCUT2D eigenvalue weighted by Crippen LogP contribution is -2.49. The largest absolute Gasteiger partial charge is 0.365 e. The molecule has 0 saturated carbocycles. The van der Waals surface area contributed by atoms with Gasteiger partial charge in [0.1, 0.15) is 15.3 Å². The van der Waals surface area contributed by atoms with Crippen LogP contribution < -0.4 is 11.1 Å². The second-order valence-corrected chi connectivity index (χ2v) is 12.4. The summed E-state index contributed by atoms with van der Waals surface area (Å²) in [5.41, 5.74) is 6.91. The van der Waals surface area contributed by atoms with Crippen molar-refractivity contribution in [3.63, 3.8) is 0 Å². The maximum absolute atomic E-state index is 13.2. The van der Waals surface area contributed by atoms with Crippen LogP contribution in [0.4, 0.5) is 5.00 Å². The minimum absolute atomic E-state index is 0.122. The Bertz CT molecular complexity index is 1090. The van der Waals surface area contributed by atoms with Gasteiger partial charge in [0.05, 0.1) is 9.90 Å². The molecule has 7 nitrogen and oxygen atoms in total. The number of halogens is 1. The summed E-state index contributed by atoms with van der Waals surface area (Å²) in [6.07, 6.45) is 5.50. The average molecular weight is 488 g/mol. The molecule has 0 spiro atoms. The van der Waals surface area contributed by atoms with E-state index in [0.717, 1.165) is 53.9 Å². The maximum atomic E-state index is 13.2. The van der Waals surface area contributed by atoms with Crippen molar-refractivity contribution in [1.29, 1.82) is 0 Å². The normalized spacial score (nSPS) is 20.0. The van der Waals surface area contributed by atoms with E-state index in [2.05, 4.69) is 5.32 Å². The number of thiophene rings is 2. The van der Waals surface area contributed by atoms with Gasteiger partial charge in [0.2, 0.25) is 5.91 Å². The van der Waals surface area contributed by atoms with Gasteiger partial charge in [0, 0.05) is 11.4 Å². The number of carbonyl (C=O) groups excluding carboxylic acids is 2. The van der Waals surface area contributed by atoms with E-state index in [0.29, 0.717) is 27.7 Å². The third kappa shape index (κ3) is 4.03. The van der Waals surface area contributed by atoms with E-state index in [9.17, 15) is 18.0 Å². The fraction of sp³-hybridized carbons (Fsp3) is 0.474. The number of rotatable bonds is 5. The molecule has 2 aliphatic rings. The molecule has 30 heavy (non-hydrogen) atoms. The number of hydrogen-bond donors (Lipinski definition) is 2. The highest BCUT2D eigenvalue weighted by Gasteiger charge is 2.39. The number of hydrogen-bond acceptors (Lipinski definition) is 6. The molecule has 4 rings (SSSR count). The van der Waals surface area contributed by atoms with Crippen molar-refractivity contribution in [1.82, 2.24) is 4.31 Å².